The van der Waals surface area contributed by atoms with Crippen LogP contribution in [0.3, 0.4) is 0 Å². The van der Waals surface area contributed by atoms with E-state index in [-0.39, 0.29) is 0 Å². The fourth-order valence-corrected chi connectivity index (χ4v) is 6.99. The molecule has 0 bridgehead atoms. The highest BCUT2D eigenvalue weighted by Gasteiger charge is 2.11. The van der Waals surface area contributed by atoms with E-state index in [1.54, 1.807) is 17.5 Å². The molecule has 0 aliphatic heterocycles. The molecule has 4 aromatic carbocycles. The van der Waals surface area contributed by atoms with Gasteiger partial charge in [-0.25, -0.2) is 14.7 Å². The average molecular weight is 743 g/mol. The molecule has 0 atom stereocenters. The molecule has 0 N–H and O–H groups in total. The van der Waals surface area contributed by atoms with E-state index in [4.69, 9.17) is 19.7 Å². The van der Waals surface area contributed by atoms with Crippen LogP contribution in [0.1, 0.15) is 112 Å². The highest BCUT2D eigenvalue weighted by molar-refractivity contribution is 7.16. The van der Waals surface area contributed by atoms with Crippen molar-refractivity contribution in [3.8, 4) is 0 Å². The number of aromatic nitrogens is 3. The van der Waals surface area contributed by atoms with Crippen molar-refractivity contribution >= 4 is 60.4 Å². The summed E-state index contributed by atoms with van der Waals surface area (Å²) in [5.41, 5.74) is 12.8. The Morgan fingerprint density at radius 2 is 1.16 bits per heavy atom. The van der Waals surface area contributed by atoms with Gasteiger partial charge in [0.2, 0.25) is 5.69 Å². The second-order valence-corrected chi connectivity index (χ2v) is 15.5. The molecular formula is C48H50N6S. The molecule has 6 nitrogen and oxygen atoms in total. The second-order valence-electron chi connectivity index (χ2n) is 14.6. The zero-order valence-electron chi connectivity index (χ0n) is 33.6. The fraction of sp³-hybridized carbons (Fsp3) is 0.292. The van der Waals surface area contributed by atoms with Gasteiger partial charge in [-0.05, 0) is 88.7 Å². The maximum absolute atomic E-state index is 7.09. The van der Waals surface area contributed by atoms with Crippen LogP contribution >= 0.6 is 11.3 Å². The predicted molar refractivity (Wildman–Crippen MR) is 234 cm³/mol. The van der Waals surface area contributed by atoms with E-state index in [1.807, 2.05) is 67.2 Å². The van der Waals surface area contributed by atoms with Crippen LogP contribution in [0.4, 0.5) is 17.2 Å². The van der Waals surface area contributed by atoms with Gasteiger partial charge in [0, 0.05) is 17.1 Å². The number of hydrogen-bond donors (Lipinski definition) is 0. The first-order valence-electron chi connectivity index (χ1n) is 18.6. The van der Waals surface area contributed by atoms with Crippen molar-refractivity contribution in [2.45, 2.75) is 92.9 Å². The number of fused-ring (bicyclic) bond motifs is 3. The number of pyridine rings is 2. The van der Waals surface area contributed by atoms with Gasteiger partial charge < -0.3 is 4.85 Å². The third kappa shape index (κ3) is 10.2. The van der Waals surface area contributed by atoms with Gasteiger partial charge in [0.05, 0.1) is 34.4 Å². The van der Waals surface area contributed by atoms with Crippen LogP contribution in [0, 0.1) is 33.6 Å². The zero-order chi connectivity index (χ0) is 40.2. The number of rotatable bonds is 4. The Morgan fingerprint density at radius 1 is 0.545 bits per heavy atom. The molecule has 0 unspecified atom stereocenters. The smallest absolute Gasteiger partial charge is 0.277 e. The topological polar surface area (TPSA) is 51.8 Å². The van der Waals surface area contributed by atoms with Crippen LogP contribution in [0.15, 0.2) is 96.8 Å². The predicted octanol–water partition coefficient (Wildman–Crippen LogP) is 15.2. The first kappa shape index (κ1) is 41.8. The van der Waals surface area contributed by atoms with Crippen LogP contribution in [0.5, 0.6) is 0 Å². The number of benzene rings is 4. The van der Waals surface area contributed by atoms with Crippen LogP contribution < -0.4 is 0 Å². The van der Waals surface area contributed by atoms with Gasteiger partial charge in [-0.1, -0.05) is 128 Å². The van der Waals surface area contributed by atoms with Gasteiger partial charge in [0.25, 0.3) is 5.82 Å². The van der Waals surface area contributed by atoms with E-state index in [9.17, 15) is 0 Å². The molecule has 0 fully saturated rings. The minimum Gasteiger partial charge on any atom is -0.360 e. The Balaban J connectivity index is 0.000000164. The van der Waals surface area contributed by atoms with Crippen molar-refractivity contribution in [2.24, 2.45) is 0 Å². The monoisotopic (exact) mass is 742 g/mol. The molecular weight excluding hydrogens is 693 g/mol. The molecule has 0 aliphatic carbocycles. The molecule has 0 amide bonds. The summed E-state index contributed by atoms with van der Waals surface area (Å²) in [5.74, 6) is 2.52. The molecule has 278 valence electrons. The standard InChI is InChI=1S/2C13H12N2.C12H15N.C10H11NS/c1-9(2)10-6-7-12(14-3)13-11(10)5-4-8-15-13;1-9(2)12-8-15-13(14-3)11-7-5-4-6-10(11)12;1-8(2)11-6-7-12(13-5)10(4)9(11)3;1-7(2)8-3-4-10-9(5-8)11-6-12-10/h2*4-9H,1-2H3;6-8H,1-4H3;3-7H,1-2H3. The summed E-state index contributed by atoms with van der Waals surface area (Å²) in [4.78, 5) is 23.2. The van der Waals surface area contributed by atoms with Gasteiger partial charge in [-0.15, -0.1) is 16.3 Å². The Hall–Kier alpha value is -5.94. The van der Waals surface area contributed by atoms with Gasteiger partial charge in [-0.2, -0.15) is 0 Å². The minimum atomic E-state index is 0.433. The van der Waals surface area contributed by atoms with Crippen molar-refractivity contribution in [2.75, 3.05) is 0 Å². The Bertz CT molecular complexity index is 2420. The highest BCUT2D eigenvalue weighted by atomic mass is 32.1. The van der Waals surface area contributed by atoms with E-state index in [0.29, 0.717) is 35.2 Å². The summed E-state index contributed by atoms with van der Waals surface area (Å²) in [7, 11) is 0. The molecule has 3 heterocycles. The minimum absolute atomic E-state index is 0.433. The van der Waals surface area contributed by atoms with Crippen molar-refractivity contribution in [1.29, 1.82) is 0 Å². The largest absolute Gasteiger partial charge is 0.360 e. The third-order valence-corrected chi connectivity index (χ3v) is 10.4. The average Bonchev–Trinajstić information content (AvgIpc) is 3.67. The van der Waals surface area contributed by atoms with Crippen molar-refractivity contribution in [3.63, 3.8) is 0 Å². The molecule has 7 aromatic rings. The summed E-state index contributed by atoms with van der Waals surface area (Å²) in [6.07, 6.45) is 3.56. The van der Waals surface area contributed by atoms with E-state index in [1.165, 1.54) is 32.5 Å². The van der Waals surface area contributed by atoms with Crippen LogP contribution in [0.2, 0.25) is 0 Å². The fourth-order valence-electron chi connectivity index (χ4n) is 6.33. The Morgan fingerprint density at radius 3 is 1.78 bits per heavy atom. The molecule has 0 aliphatic rings. The molecule has 3 aromatic heterocycles. The summed E-state index contributed by atoms with van der Waals surface area (Å²) in [5, 5.41) is 3.20. The van der Waals surface area contributed by atoms with Crippen molar-refractivity contribution in [3.05, 3.63) is 164 Å². The lowest BCUT2D eigenvalue weighted by Gasteiger charge is -2.12. The molecule has 55 heavy (non-hydrogen) atoms. The molecule has 0 saturated heterocycles. The normalized spacial score (nSPS) is 10.6. The molecule has 0 spiro atoms. The quantitative estimate of drug-likeness (QED) is 0.169. The van der Waals surface area contributed by atoms with Crippen LogP contribution in [0.25, 0.3) is 46.4 Å². The summed E-state index contributed by atoms with van der Waals surface area (Å²) < 4.78 is 1.28. The summed E-state index contributed by atoms with van der Waals surface area (Å²) in [6, 6.07) is 26.3. The lowest BCUT2D eigenvalue weighted by atomic mass is 9.94. The molecule has 0 saturated carbocycles. The second kappa shape index (κ2) is 19.4. The number of thiazole rings is 1. The third-order valence-electron chi connectivity index (χ3n) is 9.62. The summed E-state index contributed by atoms with van der Waals surface area (Å²) in [6.45, 7) is 42.6. The molecule has 7 rings (SSSR count). The van der Waals surface area contributed by atoms with Crippen LogP contribution in [-0.4, -0.2) is 15.0 Å². The first-order chi connectivity index (χ1) is 26.3. The van der Waals surface area contributed by atoms with Gasteiger partial charge in [-0.3, -0.25) is 4.98 Å². The highest BCUT2D eigenvalue weighted by Crippen LogP contribution is 2.32. The van der Waals surface area contributed by atoms with Crippen molar-refractivity contribution in [1.82, 2.24) is 15.0 Å². The van der Waals surface area contributed by atoms with Crippen molar-refractivity contribution < 1.29 is 0 Å². The van der Waals surface area contributed by atoms with E-state index in [0.717, 1.165) is 38.4 Å². The first-order valence-corrected chi connectivity index (χ1v) is 19.5. The zero-order valence-corrected chi connectivity index (χ0v) is 34.5. The van der Waals surface area contributed by atoms with Crippen LogP contribution in [-0.2, 0) is 0 Å². The van der Waals surface area contributed by atoms with Gasteiger partial charge in [0.1, 0.15) is 6.20 Å². The lowest BCUT2D eigenvalue weighted by Crippen LogP contribution is -1.94. The lowest BCUT2D eigenvalue weighted by molar-refractivity contribution is 0.854. The van der Waals surface area contributed by atoms with E-state index in [2.05, 4.69) is 122 Å². The molecule has 7 heteroatoms. The Labute approximate surface area is 331 Å². The SMILES string of the molecule is CC(C)c1ccc2scnc2c1.[C-]#[N+]c1ccc(C(C)C)c(C)c1C.[C-]#[N+]c1ccc(C(C)C)c2cccnc12.[C-]#[N+]c1ncc(C(C)C)c2ccccc12. The summed E-state index contributed by atoms with van der Waals surface area (Å²) >= 11 is 1.70. The number of hydrogen-bond acceptors (Lipinski definition) is 4. The van der Waals surface area contributed by atoms with E-state index >= 15 is 0 Å². The maximum atomic E-state index is 7.09. The number of nitrogens with zero attached hydrogens (tertiary/aromatic N) is 6. The van der Waals surface area contributed by atoms with Gasteiger partial charge >= 0.3 is 0 Å². The molecule has 0 radical (unpaired) electrons. The maximum Gasteiger partial charge on any atom is 0.277 e. The van der Waals surface area contributed by atoms with E-state index < -0.39 is 0 Å². The van der Waals surface area contributed by atoms with Gasteiger partial charge in [0.15, 0.2) is 5.69 Å². The Kier molecular flexibility index (Phi) is 14.8.